The topological polar surface area (TPSA) is 93.2 Å². The van der Waals surface area contributed by atoms with Crippen LogP contribution >= 0.6 is 0 Å². The number of nitrogens with two attached hydrogens (primary N) is 1. The summed E-state index contributed by atoms with van der Waals surface area (Å²) in [6.45, 7) is -0.449. The van der Waals surface area contributed by atoms with Gasteiger partial charge in [-0.25, -0.2) is 8.78 Å². The normalized spacial score (nSPS) is 25.5. The van der Waals surface area contributed by atoms with Crippen molar-refractivity contribution in [1.82, 2.24) is 3.89 Å². The summed E-state index contributed by atoms with van der Waals surface area (Å²) in [7, 11) is -4.89. The highest BCUT2D eigenvalue weighted by atomic mass is 32.2. The van der Waals surface area contributed by atoms with Crippen molar-refractivity contribution < 1.29 is 35.1 Å². The molecular formula is C21H19F5N3O3S+. The number of rotatable bonds is 6. The molecule has 1 aliphatic heterocycles. The Morgan fingerprint density at radius 3 is 2.64 bits per heavy atom. The summed E-state index contributed by atoms with van der Waals surface area (Å²) in [5.41, 5.74) is 3.28. The third-order valence-corrected chi connectivity index (χ3v) is 7.16. The molecule has 1 aromatic rings. The molecular weight excluding hydrogens is 469 g/mol. The molecule has 6 nitrogen and oxygen atoms in total. The molecule has 0 radical (unpaired) electrons. The number of ether oxygens (including phenoxy) is 1. The van der Waals surface area contributed by atoms with Gasteiger partial charge in [-0.05, 0) is 18.2 Å². The number of benzene rings is 1. The number of nitriles is 1. The van der Waals surface area contributed by atoms with Crippen molar-refractivity contribution in [1.29, 1.82) is 5.26 Å². The van der Waals surface area contributed by atoms with E-state index in [9.17, 15) is 30.4 Å². The predicted octanol–water partition coefficient (Wildman–Crippen LogP) is 4.05. The van der Waals surface area contributed by atoms with E-state index >= 15 is 0 Å². The maximum absolute atomic E-state index is 14.2. The van der Waals surface area contributed by atoms with Crippen LogP contribution in [0.25, 0.3) is 0 Å². The van der Waals surface area contributed by atoms with Gasteiger partial charge in [0, 0.05) is 36.7 Å². The Bertz CT molecular complexity index is 1210. The molecule has 0 amide bonds. The summed E-state index contributed by atoms with van der Waals surface area (Å²) in [6, 6.07) is 6.46. The fourth-order valence-corrected chi connectivity index (χ4v) is 5.14. The molecule has 0 saturated carbocycles. The minimum atomic E-state index is -4.99. The lowest BCUT2D eigenvalue weighted by molar-refractivity contribution is -0.106. The summed E-state index contributed by atoms with van der Waals surface area (Å²) in [5, 5.41) is 8.79. The van der Waals surface area contributed by atoms with E-state index in [1.807, 2.05) is 0 Å². The molecule has 0 saturated heterocycles. The first-order valence-corrected chi connectivity index (χ1v) is 11.2. The summed E-state index contributed by atoms with van der Waals surface area (Å²) in [5.74, 6) is -3.72. The fourth-order valence-electron chi connectivity index (χ4n) is 3.45. The van der Waals surface area contributed by atoms with Crippen LogP contribution in [0.2, 0.25) is 0 Å². The third kappa shape index (κ3) is 5.16. The van der Waals surface area contributed by atoms with Gasteiger partial charge in [0.05, 0.1) is 0 Å². The molecule has 0 aromatic heterocycles. The minimum absolute atomic E-state index is 0.0929. The molecule has 176 valence electrons. The quantitative estimate of drug-likeness (QED) is 0.482. The van der Waals surface area contributed by atoms with E-state index in [4.69, 9.17) is 15.7 Å². The van der Waals surface area contributed by atoms with E-state index in [0.717, 1.165) is 18.3 Å². The van der Waals surface area contributed by atoms with Crippen LogP contribution in [-0.4, -0.2) is 39.1 Å². The van der Waals surface area contributed by atoms with E-state index in [0.29, 0.717) is 11.6 Å². The molecule has 1 aliphatic carbocycles. The average molecular weight is 488 g/mol. The van der Waals surface area contributed by atoms with Crippen LogP contribution in [0, 0.1) is 11.3 Å². The number of halogens is 5. The molecule has 1 heterocycles. The lowest BCUT2D eigenvalue weighted by Gasteiger charge is -2.34. The maximum atomic E-state index is 14.2. The number of allylic oxidation sites excluding steroid dienone is 3. The van der Waals surface area contributed by atoms with E-state index in [-0.39, 0.29) is 24.5 Å². The van der Waals surface area contributed by atoms with Crippen molar-refractivity contribution in [3.63, 3.8) is 0 Å². The third-order valence-electron chi connectivity index (χ3n) is 5.00. The molecule has 33 heavy (non-hydrogen) atoms. The van der Waals surface area contributed by atoms with Crippen LogP contribution in [0.5, 0.6) is 5.75 Å². The Labute approximate surface area is 187 Å². The highest BCUT2D eigenvalue weighted by molar-refractivity contribution is 7.91. The zero-order valence-electron chi connectivity index (χ0n) is 17.0. The SMILES string of the molecule is N#CC1(F)C=C(F)C(Oc2cccc([N+]3(S(=O)(=O)CC(F)(F)F)C=C(CN)C=CC3)c2)=CC1. The van der Waals surface area contributed by atoms with Crippen molar-refractivity contribution in [2.24, 2.45) is 5.73 Å². The Hall–Kier alpha value is -3.01. The molecule has 0 bridgehead atoms. The minimum Gasteiger partial charge on any atom is -0.454 e. The summed E-state index contributed by atoms with van der Waals surface area (Å²) >= 11 is 0. The van der Waals surface area contributed by atoms with Gasteiger partial charge in [0.25, 0.3) is 0 Å². The standard InChI is InChI=1S/C21H19F5N3O3S/c22-18-10-20(23,13-28)7-6-19(18)32-17-5-1-4-16(9-17)29(8-2-3-15(11-27)12-29)33(30,31)14-21(24,25)26/h1-6,9-10,12H,7-8,11,14,27H2/q+1. The number of hydrogen-bond donors (Lipinski definition) is 1. The average Bonchev–Trinajstić information content (AvgIpc) is 2.74. The van der Waals surface area contributed by atoms with Crippen LogP contribution in [-0.2, 0) is 10.0 Å². The molecule has 2 atom stereocenters. The second-order valence-corrected chi connectivity index (χ2v) is 9.57. The first-order valence-electron chi connectivity index (χ1n) is 9.56. The summed E-state index contributed by atoms with van der Waals surface area (Å²) < 4.78 is 97.7. The van der Waals surface area contributed by atoms with E-state index in [1.165, 1.54) is 36.4 Å². The highest BCUT2D eigenvalue weighted by Crippen LogP contribution is 2.38. The van der Waals surface area contributed by atoms with E-state index in [2.05, 4.69) is 0 Å². The zero-order chi connectivity index (χ0) is 24.5. The molecule has 0 fully saturated rings. The molecule has 2 N–H and O–H groups in total. The highest BCUT2D eigenvalue weighted by Gasteiger charge is 2.50. The second kappa shape index (κ2) is 8.74. The molecule has 2 aliphatic rings. The van der Waals surface area contributed by atoms with Gasteiger partial charge in [0.1, 0.15) is 24.6 Å². The van der Waals surface area contributed by atoms with Crippen LogP contribution in [0.1, 0.15) is 6.42 Å². The lowest BCUT2D eigenvalue weighted by Crippen LogP contribution is -2.54. The predicted molar refractivity (Wildman–Crippen MR) is 111 cm³/mol. The van der Waals surface area contributed by atoms with Gasteiger partial charge in [-0.3, -0.25) is 0 Å². The Balaban J connectivity index is 2.04. The maximum Gasteiger partial charge on any atom is 0.408 e. The molecule has 12 heteroatoms. The van der Waals surface area contributed by atoms with Gasteiger partial charge in [0.15, 0.2) is 23.0 Å². The van der Waals surface area contributed by atoms with E-state index < -0.39 is 49.5 Å². The van der Waals surface area contributed by atoms with Crippen molar-refractivity contribution in [3.8, 4) is 11.8 Å². The van der Waals surface area contributed by atoms with Gasteiger partial charge in [-0.15, -0.1) is 0 Å². The number of nitrogens with zero attached hydrogens (tertiary/aromatic N) is 2. The Kier molecular flexibility index (Phi) is 6.52. The first kappa shape index (κ1) is 24.6. The number of quaternary nitrogens is 1. The molecule has 0 spiro atoms. The summed E-state index contributed by atoms with van der Waals surface area (Å²) in [4.78, 5) is 0. The van der Waals surface area contributed by atoms with Crippen molar-refractivity contribution >= 4 is 15.7 Å². The Morgan fingerprint density at radius 2 is 2.03 bits per heavy atom. The summed E-state index contributed by atoms with van der Waals surface area (Å²) in [6.07, 6.45) is 0.0658. The van der Waals surface area contributed by atoms with Crippen LogP contribution < -0.4 is 14.4 Å². The first-order chi connectivity index (χ1) is 15.3. The van der Waals surface area contributed by atoms with Crippen LogP contribution in [0.4, 0.5) is 27.6 Å². The monoisotopic (exact) mass is 488 g/mol. The fraction of sp³-hybridized carbons (Fsp3) is 0.286. The molecule has 1 aromatic carbocycles. The lowest BCUT2D eigenvalue weighted by atomic mass is 9.98. The van der Waals surface area contributed by atoms with Crippen molar-refractivity contribution in [3.05, 3.63) is 71.9 Å². The van der Waals surface area contributed by atoms with Crippen molar-refractivity contribution in [2.45, 2.75) is 18.3 Å². The van der Waals surface area contributed by atoms with Gasteiger partial charge >= 0.3 is 16.2 Å². The largest absolute Gasteiger partial charge is 0.454 e. The molecule has 3 rings (SSSR count). The van der Waals surface area contributed by atoms with Crippen molar-refractivity contribution in [2.75, 3.05) is 18.8 Å². The molecule has 2 unspecified atom stereocenters. The Morgan fingerprint density at radius 1 is 1.30 bits per heavy atom. The number of sulfonamides is 1. The number of hydrogen-bond acceptors (Lipinski definition) is 5. The van der Waals surface area contributed by atoms with Crippen LogP contribution in [0.15, 0.2) is 71.9 Å². The van der Waals surface area contributed by atoms with Gasteiger partial charge in [0.2, 0.25) is 5.67 Å². The smallest absolute Gasteiger partial charge is 0.408 e. The van der Waals surface area contributed by atoms with Gasteiger partial charge in [-0.1, -0.05) is 12.1 Å². The van der Waals surface area contributed by atoms with Crippen LogP contribution in [0.3, 0.4) is 0 Å². The zero-order valence-corrected chi connectivity index (χ0v) is 17.8. The number of alkyl halides is 4. The van der Waals surface area contributed by atoms with Gasteiger partial charge < -0.3 is 10.5 Å². The van der Waals surface area contributed by atoms with E-state index in [1.54, 1.807) is 0 Å². The second-order valence-electron chi connectivity index (χ2n) is 7.47. The van der Waals surface area contributed by atoms with Gasteiger partial charge in [-0.2, -0.15) is 30.7 Å².